The van der Waals surface area contributed by atoms with Gasteiger partial charge in [-0.25, -0.2) is 5.01 Å². The highest BCUT2D eigenvalue weighted by molar-refractivity contribution is 7.86. The molecule has 24 nitrogen and oxygen atoms in total. The summed E-state index contributed by atoms with van der Waals surface area (Å²) in [7, 11) is -8.91. The first-order valence-corrected chi connectivity index (χ1v) is 24.3. The second-order valence-electron chi connectivity index (χ2n) is 15.8. The molecule has 0 fully saturated rings. The molecule has 1 aromatic heterocycles. The lowest BCUT2D eigenvalue weighted by atomic mass is 10.1. The van der Waals surface area contributed by atoms with Gasteiger partial charge < -0.3 is 35.1 Å². The van der Waals surface area contributed by atoms with Crippen LogP contribution in [0.3, 0.4) is 0 Å². The minimum atomic E-state index is -5.17. The van der Waals surface area contributed by atoms with Crippen LogP contribution < -0.4 is 35.0 Å². The van der Waals surface area contributed by atoms with E-state index in [1.807, 2.05) is 0 Å². The first-order valence-electron chi connectivity index (χ1n) is 20.7. The molecule has 0 amide bonds. The van der Waals surface area contributed by atoms with E-state index >= 15 is 0 Å². The second-order valence-corrected chi connectivity index (χ2v) is 19.3. The maximum Gasteiger partial charge on any atom is 0.345 e. The quantitative estimate of drug-likeness (QED) is 0.0276. The van der Waals surface area contributed by atoms with Crippen LogP contribution in [-0.4, -0.2) is 75.4 Å². The van der Waals surface area contributed by atoms with Gasteiger partial charge in [0, 0.05) is 58.2 Å². The highest BCUT2D eigenvalue weighted by Crippen LogP contribution is 2.50. The molecule has 1 aliphatic rings. The number of hydrogen-bond acceptors (Lipinski definition) is 19. The number of hydrogen-bond donors (Lipinski definition) is 5. The number of methoxy groups -OCH3 is 1. The van der Waals surface area contributed by atoms with E-state index in [4.69, 9.17) is 42.8 Å². The smallest absolute Gasteiger partial charge is 0.345 e. The van der Waals surface area contributed by atoms with Crippen molar-refractivity contribution in [1.29, 1.82) is 0 Å². The molecular formula is C44H33Cl2N10O14S2-. The van der Waals surface area contributed by atoms with Gasteiger partial charge in [-0.05, 0) is 89.6 Å². The number of hydrazine groups is 1. The Kier molecular flexibility index (Phi) is 12.5. The van der Waals surface area contributed by atoms with Crippen molar-refractivity contribution in [2.45, 2.75) is 36.1 Å². The number of aromatic nitrogens is 3. The largest absolute Gasteiger partial charge is 0.591 e. The summed E-state index contributed by atoms with van der Waals surface area (Å²) in [5.41, 5.74) is 6.65. The summed E-state index contributed by atoms with van der Waals surface area (Å²) in [5.74, 6) is -1.00. The fraction of sp³-hybridized carbons (Fsp3) is 0.114. The molecule has 0 unspecified atom stereocenters. The molecule has 8 aromatic rings. The Bertz CT molecular complexity index is 3800. The van der Waals surface area contributed by atoms with Gasteiger partial charge in [-0.2, -0.15) is 31.8 Å². The summed E-state index contributed by atoms with van der Waals surface area (Å²) in [5, 5.41) is 41.9. The van der Waals surface area contributed by atoms with E-state index in [-0.39, 0.29) is 78.1 Å². The molecule has 7 aromatic carbocycles. The maximum absolute atomic E-state index is 13.1. The van der Waals surface area contributed by atoms with Crippen LogP contribution in [0, 0.1) is 20.2 Å². The van der Waals surface area contributed by atoms with Crippen LogP contribution in [0.4, 0.5) is 45.8 Å². The third kappa shape index (κ3) is 9.27. The molecule has 2 heterocycles. The molecule has 0 radical (unpaired) electrons. The molecule has 1 aliphatic heterocycles. The van der Waals surface area contributed by atoms with E-state index in [0.717, 1.165) is 41.4 Å². The van der Waals surface area contributed by atoms with Crippen LogP contribution in [0.2, 0.25) is 10.6 Å². The van der Waals surface area contributed by atoms with Crippen molar-refractivity contribution in [3.8, 4) is 23.0 Å². The number of non-ortho nitro benzene ring substituents is 2. The zero-order valence-electron chi connectivity index (χ0n) is 37.0. The Labute approximate surface area is 416 Å². The summed E-state index contributed by atoms with van der Waals surface area (Å²) >= 11 is 11.9. The van der Waals surface area contributed by atoms with E-state index in [2.05, 4.69) is 25.7 Å². The number of rotatable bonds is 15. The number of ether oxygens (including phenoxy) is 3. The average molecular weight is 1060 g/mol. The number of halogens is 2. The van der Waals surface area contributed by atoms with Gasteiger partial charge in [0.15, 0.2) is 5.75 Å². The second kappa shape index (κ2) is 18.5. The van der Waals surface area contributed by atoms with Gasteiger partial charge in [0.25, 0.3) is 31.6 Å². The van der Waals surface area contributed by atoms with Gasteiger partial charge in [-0.15, -0.1) is 0 Å². The molecular weight excluding hydrogens is 1030 g/mol. The Morgan fingerprint density at radius 2 is 1.44 bits per heavy atom. The molecule has 72 heavy (non-hydrogen) atoms. The van der Waals surface area contributed by atoms with Crippen LogP contribution in [0.5, 0.6) is 23.0 Å². The van der Waals surface area contributed by atoms with Crippen molar-refractivity contribution in [2.75, 3.05) is 27.9 Å². The Morgan fingerprint density at radius 1 is 0.778 bits per heavy atom. The zero-order chi connectivity index (χ0) is 51.6. The first-order chi connectivity index (χ1) is 34.1. The van der Waals surface area contributed by atoms with Gasteiger partial charge in [-0.3, -0.25) is 34.8 Å². The number of fused-ring (bicyclic) bond motifs is 4. The van der Waals surface area contributed by atoms with E-state index in [0.29, 0.717) is 10.8 Å². The van der Waals surface area contributed by atoms with Crippen molar-refractivity contribution in [3.63, 3.8) is 0 Å². The fourth-order valence-corrected chi connectivity index (χ4v) is 9.62. The third-order valence-electron chi connectivity index (χ3n) is 11.0. The van der Waals surface area contributed by atoms with Crippen LogP contribution in [0.25, 0.3) is 37.7 Å². The molecule has 0 saturated heterocycles. The fourth-order valence-electron chi connectivity index (χ4n) is 7.88. The number of nitro benzene ring substituents is 2. The molecule has 0 bridgehead atoms. The molecule has 0 saturated carbocycles. The van der Waals surface area contributed by atoms with Crippen molar-refractivity contribution >= 4 is 122 Å². The number of phenols is 1. The van der Waals surface area contributed by atoms with Crippen LogP contribution in [0.1, 0.15) is 13.8 Å². The van der Waals surface area contributed by atoms with E-state index in [1.165, 1.54) is 48.5 Å². The summed E-state index contributed by atoms with van der Waals surface area (Å²) in [6.07, 6.45) is -1.73. The van der Waals surface area contributed by atoms with Crippen LogP contribution in [-0.2, 0) is 20.2 Å². The van der Waals surface area contributed by atoms with E-state index in [1.54, 1.807) is 44.2 Å². The SMILES string of the molecule is COc1cc(S(=O)(=O)O)c2cc([N+](=O)[O-])ccc2c1N([N-]c1c(O[C@H]2Oc3ccc([N+](=O)[O-])cc3N2Nc2c(S(=O)(=O)O)cc3ccc(Nc4nc(Cl)nc(Cl)n4)cc3c2O)ccc2ccccc12)C(C)C. The summed E-state index contributed by atoms with van der Waals surface area (Å²) in [6.45, 7) is 3.47. The lowest BCUT2D eigenvalue weighted by Gasteiger charge is -2.46. The van der Waals surface area contributed by atoms with Gasteiger partial charge in [-0.1, -0.05) is 42.1 Å². The number of benzene rings is 7. The lowest BCUT2D eigenvalue weighted by molar-refractivity contribution is -0.384. The van der Waals surface area contributed by atoms with E-state index in [9.17, 15) is 51.3 Å². The Balaban J connectivity index is 1.18. The predicted octanol–water partition coefficient (Wildman–Crippen LogP) is 9.83. The van der Waals surface area contributed by atoms with Gasteiger partial charge in [0.1, 0.15) is 38.4 Å². The highest BCUT2D eigenvalue weighted by Gasteiger charge is 2.37. The Hall–Kier alpha value is -8.27. The average Bonchev–Trinajstić information content (AvgIpc) is 3.65. The molecule has 5 N–H and O–H groups in total. The maximum atomic E-state index is 13.1. The number of phenolic OH excluding ortho intramolecular Hbond substituents is 1. The number of nitrogens with one attached hydrogen (secondary N) is 2. The van der Waals surface area contributed by atoms with Crippen molar-refractivity contribution in [3.05, 3.63) is 139 Å². The number of nitrogens with zero attached hydrogens (tertiary/aromatic N) is 8. The zero-order valence-corrected chi connectivity index (χ0v) is 40.1. The highest BCUT2D eigenvalue weighted by atomic mass is 35.5. The summed E-state index contributed by atoms with van der Waals surface area (Å²) in [4.78, 5) is 32.7. The monoisotopic (exact) mass is 1060 g/mol. The standard InChI is InChI=1S/C44H33Cl2N10O14S2/c1-21(2)53(39-28-13-11-25(55(58)59)18-30(28)35(71(62,63)64)20-34(39)68-3)51-37-27-7-5-4-6-22(27)9-14-33(37)70-44-54(31-19-26(56(60)61)12-15-32(31)69-44)52-38-36(72(65,66)67)16-23-8-10-24(17-29(23)40(38)57)47-43-49-41(45)48-42(46)50-43/h4-21,44,52,57H,1-3H3,(H,62,63,64)(H,65,66,67)(H,47,48,49,50)/q-1/t44-/m1/s1. The molecule has 0 spiro atoms. The molecule has 9 rings (SSSR count). The van der Waals surface area contributed by atoms with E-state index < -0.39 is 75.1 Å². The topological polar surface area (TPSA) is 326 Å². The third-order valence-corrected chi connectivity index (χ3v) is 13.1. The van der Waals surface area contributed by atoms with Crippen LogP contribution >= 0.6 is 23.2 Å². The Morgan fingerprint density at radius 3 is 2.11 bits per heavy atom. The summed E-state index contributed by atoms with van der Waals surface area (Å²) < 4.78 is 91.1. The number of nitro groups is 2. The van der Waals surface area contributed by atoms with Gasteiger partial charge in [0.05, 0.1) is 22.6 Å². The summed E-state index contributed by atoms with van der Waals surface area (Å²) in [6, 6.07) is 22.8. The molecule has 1 atom stereocenters. The number of anilines is 5. The van der Waals surface area contributed by atoms with Crippen molar-refractivity contribution in [2.24, 2.45) is 0 Å². The minimum absolute atomic E-state index is 0.00423. The van der Waals surface area contributed by atoms with Gasteiger partial charge >= 0.3 is 6.41 Å². The number of aromatic hydroxyl groups is 1. The first kappa shape index (κ1) is 48.7. The lowest BCUT2D eigenvalue weighted by Crippen LogP contribution is -2.43. The normalized spacial score (nSPS) is 13.5. The minimum Gasteiger partial charge on any atom is -0.591 e. The molecule has 0 aliphatic carbocycles. The predicted molar refractivity (Wildman–Crippen MR) is 264 cm³/mol. The molecule has 28 heteroatoms. The van der Waals surface area contributed by atoms with Crippen LogP contribution in [0.15, 0.2) is 113 Å². The van der Waals surface area contributed by atoms with Gasteiger partial charge in [0.2, 0.25) is 16.5 Å². The van der Waals surface area contributed by atoms with Crippen molar-refractivity contribution in [1.82, 2.24) is 15.0 Å². The van der Waals surface area contributed by atoms with Crippen molar-refractivity contribution < 1.29 is 55.1 Å². The molecule has 370 valence electrons.